The smallest absolute Gasteiger partial charge is 0.194 e. The highest BCUT2D eigenvalue weighted by molar-refractivity contribution is 14.0. The monoisotopic (exact) mass is 487 g/mol. The standard InChI is InChI=1S/C21H33N3O2.HI/c1-5-22-19(24-12-10-21(15-24)11-13-25-16-21)23-14-17-8-6-7-9-18(17)26-20(2,3)4;/h6-9H,5,10-16H2,1-4H3,(H,22,23);1H. The number of guanidine groups is 1. The van der Waals surface area contributed by atoms with Crippen LogP contribution >= 0.6 is 24.0 Å². The van der Waals surface area contributed by atoms with Gasteiger partial charge in [-0.05, 0) is 46.6 Å². The molecule has 3 rings (SSSR count). The minimum absolute atomic E-state index is 0. The Labute approximate surface area is 180 Å². The van der Waals surface area contributed by atoms with Gasteiger partial charge in [0.25, 0.3) is 0 Å². The summed E-state index contributed by atoms with van der Waals surface area (Å²) in [5.74, 6) is 1.92. The maximum Gasteiger partial charge on any atom is 0.194 e. The third-order valence-corrected chi connectivity index (χ3v) is 5.05. The maximum absolute atomic E-state index is 6.11. The summed E-state index contributed by atoms with van der Waals surface area (Å²) in [5.41, 5.74) is 1.24. The quantitative estimate of drug-likeness (QED) is 0.396. The van der Waals surface area contributed by atoms with E-state index in [2.05, 4.69) is 44.0 Å². The van der Waals surface area contributed by atoms with Crippen molar-refractivity contribution in [3.63, 3.8) is 0 Å². The Kier molecular flexibility index (Phi) is 7.80. The Bertz CT molecular complexity index is 637. The highest BCUT2D eigenvalue weighted by Gasteiger charge is 2.42. The number of aliphatic imine (C=N–C) groups is 1. The van der Waals surface area contributed by atoms with Crippen molar-refractivity contribution in [2.45, 2.75) is 52.7 Å². The molecule has 152 valence electrons. The number of halogens is 1. The van der Waals surface area contributed by atoms with Crippen molar-refractivity contribution in [1.82, 2.24) is 10.2 Å². The van der Waals surface area contributed by atoms with Gasteiger partial charge in [-0.15, -0.1) is 24.0 Å². The van der Waals surface area contributed by atoms with Gasteiger partial charge in [-0.1, -0.05) is 18.2 Å². The first-order valence-electron chi connectivity index (χ1n) is 9.79. The van der Waals surface area contributed by atoms with Gasteiger partial charge in [-0.2, -0.15) is 0 Å². The molecule has 2 aliphatic rings. The lowest BCUT2D eigenvalue weighted by Gasteiger charge is -2.25. The second kappa shape index (κ2) is 9.45. The molecule has 0 aromatic heterocycles. The number of hydrogen-bond donors (Lipinski definition) is 1. The van der Waals surface area contributed by atoms with Crippen molar-refractivity contribution in [2.75, 3.05) is 32.8 Å². The zero-order chi connectivity index (χ0) is 18.6. The number of rotatable bonds is 4. The molecule has 1 aromatic carbocycles. The van der Waals surface area contributed by atoms with Gasteiger partial charge in [0.05, 0.1) is 13.2 Å². The molecular weight excluding hydrogens is 453 g/mol. The second-order valence-corrected chi connectivity index (χ2v) is 8.47. The Morgan fingerprint density at radius 1 is 1.30 bits per heavy atom. The number of nitrogens with zero attached hydrogens (tertiary/aromatic N) is 2. The van der Waals surface area contributed by atoms with Crippen LogP contribution in [-0.2, 0) is 11.3 Å². The Balaban J connectivity index is 0.00000261. The number of hydrogen-bond acceptors (Lipinski definition) is 3. The third-order valence-electron chi connectivity index (χ3n) is 5.05. The third kappa shape index (κ3) is 5.98. The number of ether oxygens (including phenoxy) is 2. The molecule has 1 N–H and O–H groups in total. The topological polar surface area (TPSA) is 46.1 Å². The van der Waals surface area contributed by atoms with Gasteiger partial charge >= 0.3 is 0 Å². The number of likely N-dealkylation sites (tertiary alicyclic amines) is 1. The predicted octanol–water partition coefficient (Wildman–Crippen LogP) is 4.06. The summed E-state index contributed by atoms with van der Waals surface area (Å²) in [4.78, 5) is 7.32. The lowest BCUT2D eigenvalue weighted by Crippen LogP contribution is -2.41. The number of nitrogens with one attached hydrogen (secondary N) is 1. The molecule has 5 nitrogen and oxygen atoms in total. The summed E-state index contributed by atoms with van der Waals surface area (Å²) in [6.07, 6.45) is 2.37. The zero-order valence-electron chi connectivity index (χ0n) is 17.1. The van der Waals surface area contributed by atoms with Crippen LogP contribution in [0.5, 0.6) is 5.75 Å². The van der Waals surface area contributed by atoms with E-state index in [1.807, 2.05) is 18.2 Å². The van der Waals surface area contributed by atoms with Gasteiger partial charge in [0.2, 0.25) is 0 Å². The Morgan fingerprint density at radius 2 is 2.07 bits per heavy atom. The minimum atomic E-state index is -0.214. The lowest BCUT2D eigenvalue weighted by molar-refractivity contribution is 0.129. The van der Waals surface area contributed by atoms with E-state index in [4.69, 9.17) is 14.5 Å². The molecule has 0 amide bonds. The van der Waals surface area contributed by atoms with E-state index in [9.17, 15) is 0 Å². The van der Waals surface area contributed by atoms with E-state index in [0.29, 0.717) is 12.0 Å². The van der Waals surface area contributed by atoms with E-state index in [-0.39, 0.29) is 29.6 Å². The van der Waals surface area contributed by atoms with Crippen LogP contribution in [0.2, 0.25) is 0 Å². The average molecular weight is 487 g/mol. The summed E-state index contributed by atoms with van der Waals surface area (Å²) in [6.45, 7) is 13.7. The largest absolute Gasteiger partial charge is 0.488 e. The fraction of sp³-hybridized carbons (Fsp3) is 0.667. The molecule has 1 atom stereocenters. The highest BCUT2D eigenvalue weighted by Crippen LogP contribution is 2.38. The molecule has 2 heterocycles. The van der Waals surface area contributed by atoms with Gasteiger partial charge in [0, 0.05) is 37.2 Å². The first-order chi connectivity index (χ1) is 12.4. The number of benzene rings is 1. The van der Waals surface area contributed by atoms with Crippen molar-refractivity contribution in [3.8, 4) is 5.75 Å². The van der Waals surface area contributed by atoms with E-state index < -0.39 is 0 Å². The van der Waals surface area contributed by atoms with Crippen molar-refractivity contribution >= 4 is 29.9 Å². The van der Waals surface area contributed by atoms with Crippen LogP contribution in [0.15, 0.2) is 29.3 Å². The van der Waals surface area contributed by atoms with Gasteiger partial charge in [-0.25, -0.2) is 4.99 Å². The normalized spacial score (nSPS) is 22.8. The maximum atomic E-state index is 6.11. The second-order valence-electron chi connectivity index (χ2n) is 8.47. The fourth-order valence-electron chi connectivity index (χ4n) is 3.74. The predicted molar refractivity (Wildman–Crippen MR) is 121 cm³/mol. The van der Waals surface area contributed by atoms with Crippen LogP contribution in [0.4, 0.5) is 0 Å². The van der Waals surface area contributed by atoms with E-state index in [1.54, 1.807) is 0 Å². The Hall–Kier alpha value is -1.02. The SMILES string of the molecule is CCNC(=NCc1ccccc1OC(C)(C)C)N1CCC2(CCOC2)C1.I. The van der Waals surface area contributed by atoms with Crippen LogP contribution in [0, 0.1) is 5.41 Å². The molecule has 0 bridgehead atoms. The molecule has 2 aliphatic heterocycles. The van der Waals surface area contributed by atoms with E-state index in [0.717, 1.165) is 50.1 Å². The lowest BCUT2D eigenvalue weighted by atomic mass is 9.87. The van der Waals surface area contributed by atoms with Gasteiger partial charge in [0.15, 0.2) is 5.96 Å². The van der Waals surface area contributed by atoms with Gasteiger partial charge in [0.1, 0.15) is 11.4 Å². The zero-order valence-corrected chi connectivity index (χ0v) is 19.4. The first-order valence-corrected chi connectivity index (χ1v) is 9.79. The molecule has 0 aliphatic carbocycles. The van der Waals surface area contributed by atoms with Crippen LogP contribution in [-0.4, -0.2) is 49.3 Å². The average Bonchev–Trinajstić information content (AvgIpc) is 3.22. The van der Waals surface area contributed by atoms with Crippen LogP contribution in [0.1, 0.15) is 46.1 Å². The fourth-order valence-corrected chi connectivity index (χ4v) is 3.74. The van der Waals surface area contributed by atoms with E-state index >= 15 is 0 Å². The summed E-state index contributed by atoms with van der Waals surface area (Å²) >= 11 is 0. The van der Waals surface area contributed by atoms with Crippen molar-refractivity contribution in [1.29, 1.82) is 0 Å². The molecule has 0 radical (unpaired) electrons. The molecule has 1 aromatic rings. The number of para-hydroxylation sites is 1. The van der Waals surface area contributed by atoms with E-state index in [1.165, 1.54) is 12.8 Å². The molecule has 0 saturated carbocycles. The molecule has 1 unspecified atom stereocenters. The van der Waals surface area contributed by atoms with Crippen molar-refractivity contribution in [3.05, 3.63) is 29.8 Å². The molecule has 27 heavy (non-hydrogen) atoms. The summed E-state index contributed by atoms with van der Waals surface area (Å²) in [6, 6.07) is 8.20. The highest BCUT2D eigenvalue weighted by atomic mass is 127. The summed E-state index contributed by atoms with van der Waals surface area (Å²) in [7, 11) is 0. The van der Waals surface area contributed by atoms with Crippen LogP contribution < -0.4 is 10.1 Å². The molecule has 6 heteroatoms. The molecule has 1 spiro atoms. The van der Waals surface area contributed by atoms with Gasteiger partial charge < -0.3 is 19.7 Å². The summed E-state index contributed by atoms with van der Waals surface area (Å²) in [5, 5.41) is 3.46. The van der Waals surface area contributed by atoms with Gasteiger partial charge in [-0.3, -0.25) is 0 Å². The van der Waals surface area contributed by atoms with Crippen molar-refractivity contribution in [2.24, 2.45) is 10.4 Å². The minimum Gasteiger partial charge on any atom is -0.488 e. The molecule has 2 fully saturated rings. The van der Waals surface area contributed by atoms with Crippen molar-refractivity contribution < 1.29 is 9.47 Å². The molecule has 2 saturated heterocycles. The van der Waals surface area contributed by atoms with Crippen LogP contribution in [0.25, 0.3) is 0 Å². The Morgan fingerprint density at radius 3 is 2.74 bits per heavy atom. The van der Waals surface area contributed by atoms with Crippen LogP contribution in [0.3, 0.4) is 0 Å². The summed E-state index contributed by atoms with van der Waals surface area (Å²) < 4.78 is 11.8. The first kappa shape index (κ1) is 22.3. The molecular formula is C21H34IN3O2.